The van der Waals surface area contributed by atoms with E-state index in [0.717, 1.165) is 0 Å². The van der Waals surface area contributed by atoms with Crippen LogP contribution in [0, 0.1) is 0 Å². The van der Waals surface area contributed by atoms with Crippen molar-refractivity contribution in [1.29, 1.82) is 0 Å². The van der Waals surface area contributed by atoms with Crippen LogP contribution in [0.15, 0.2) is 16.7 Å². The van der Waals surface area contributed by atoms with Crippen molar-refractivity contribution in [2.24, 2.45) is 0 Å². The lowest BCUT2D eigenvalue weighted by Gasteiger charge is -2.38. The maximum atomic E-state index is 11.3. The molecule has 2 N–H and O–H groups in total. The van der Waals surface area contributed by atoms with Crippen molar-refractivity contribution >= 4 is 27.7 Å². The number of carboxylic acids is 1. The Morgan fingerprint density at radius 2 is 2.42 bits per heavy atom. The Bertz CT molecular complexity index is 483. The van der Waals surface area contributed by atoms with Gasteiger partial charge in [0.25, 0.3) is 0 Å². The first-order valence-corrected chi connectivity index (χ1v) is 6.70. The largest absolute Gasteiger partial charge is 0.478 e. The molecule has 1 aliphatic rings. The molecule has 2 atom stereocenters. The lowest BCUT2D eigenvalue weighted by molar-refractivity contribution is -0.0106. The number of rotatable bonds is 3. The molecule has 0 amide bonds. The minimum atomic E-state index is -1.02. The number of aliphatic hydroxyl groups is 1. The number of morpholine rings is 1. The van der Waals surface area contributed by atoms with Gasteiger partial charge < -0.3 is 19.8 Å². The number of hydrogen-bond acceptors (Lipinski definition) is 5. The standard InChI is InChI=1S/C12H15BrN2O4/c1-7-6-19-9(5-16)4-15(7)11-10(12(17)18)2-8(13)3-14-11/h2-3,7,9,16H,4-6H2,1H3,(H,17,18). The van der Waals surface area contributed by atoms with Gasteiger partial charge in [-0.25, -0.2) is 9.78 Å². The third-order valence-corrected chi connectivity index (χ3v) is 3.48. The molecule has 0 saturated carbocycles. The fraction of sp³-hybridized carbons (Fsp3) is 0.500. The Morgan fingerprint density at radius 1 is 1.68 bits per heavy atom. The highest BCUT2D eigenvalue weighted by atomic mass is 79.9. The van der Waals surface area contributed by atoms with E-state index in [1.54, 1.807) is 6.20 Å². The number of aromatic nitrogens is 1. The molecule has 0 spiro atoms. The predicted molar refractivity (Wildman–Crippen MR) is 72.5 cm³/mol. The van der Waals surface area contributed by atoms with Gasteiger partial charge in [0, 0.05) is 17.2 Å². The van der Waals surface area contributed by atoms with Crippen molar-refractivity contribution < 1.29 is 19.7 Å². The molecular weight excluding hydrogens is 316 g/mol. The number of pyridine rings is 1. The van der Waals surface area contributed by atoms with Crippen molar-refractivity contribution in [3.63, 3.8) is 0 Å². The number of ether oxygens (including phenoxy) is 1. The second-order valence-electron chi connectivity index (χ2n) is 4.47. The molecule has 0 bridgehead atoms. The highest BCUT2D eigenvalue weighted by molar-refractivity contribution is 9.10. The van der Waals surface area contributed by atoms with Gasteiger partial charge in [0.1, 0.15) is 11.4 Å². The number of anilines is 1. The summed E-state index contributed by atoms with van der Waals surface area (Å²) >= 11 is 3.22. The van der Waals surface area contributed by atoms with Gasteiger partial charge >= 0.3 is 5.97 Å². The maximum Gasteiger partial charge on any atom is 0.339 e. The lowest BCUT2D eigenvalue weighted by atomic mass is 10.1. The van der Waals surface area contributed by atoms with E-state index in [0.29, 0.717) is 23.4 Å². The van der Waals surface area contributed by atoms with E-state index in [1.165, 1.54) is 6.07 Å². The summed E-state index contributed by atoms with van der Waals surface area (Å²) in [6, 6.07) is 1.54. The minimum absolute atomic E-state index is 0.00887. The second kappa shape index (κ2) is 5.85. The average molecular weight is 331 g/mol. The molecule has 0 aromatic carbocycles. The molecule has 0 aliphatic carbocycles. The van der Waals surface area contributed by atoms with Crippen LogP contribution in [0.4, 0.5) is 5.82 Å². The molecule has 1 saturated heterocycles. The minimum Gasteiger partial charge on any atom is -0.478 e. The van der Waals surface area contributed by atoms with E-state index in [2.05, 4.69) is 20.9 Å². The average Bonchev–Trinajstić information content (AvgIpc) is 2.39. The smallest absolute Gasteiger partial charge is 0.339 e. The topological polar surface area (TPSA) is 82.9 Å². The molecule has 0 radical (unpaired) electrons. The molecule has 7 heteroatoms. The van der Waals surface area contributed by atoms with Gasteiger partial charge in [0.2, 0.25) is 0 Å². The summed E-state index contributed by atoms with van der Waals surface area (Å²) in [5, 5.41) is 18.4. The van der Waals surface area contributed by atoms with Crippen LogP contribution >= 0.6 is 15.9 Å². The fourth-order valence-electron chi connectivity index (χ4n) is 2.04. The van der Waals surface area contributed by atoms with Crippen molar-refractivity contribution in [2.75, 3.05) is 24.7 Å². The van der Waals surface area contributed by atoms with Crippen LogP contribution in [0.25, 0.3) is 0 Å². The maximum absolute atomic E-state index is 11.3. The zero-order valence-corrected chi connectivity index (χ0v) is 12.0. The number of aliphatic hydroxyl groups excluding tert-OH is 1. The Balaban J connectivity index is 2.36. The molecule has 19 heavy (non-hydrogen) atoms. The van der Waals surface area contributed by atoms with Crippen LogP contribution < -0.4 is 4.90 Å². The Morgan fingerprint density at radius 3 is 3.05 bits per heavy atom. The van der Waals surface area contributed by atoms with Crippen LogP contribution in [-0.4, -0.2) is 53.1 Å². The number of halogens is 1. The monoisotopic (exact) mass is 330 g/mol. The predicted octanol–water partition coefficient (Wildman–Crippen LogP) is 1.13. The van der Waals surface area contributed by atoms with Crippen molar-refractivity contribution in [3.05, 3.63) is 22.3 Å². The molecular formula is C12H15BrN2O4. The summed E-state index contributed by atoms with van der Waals surface area (Å²) in [4.78, 5) is 17.4. The fourth-order valence-corrected chi connectivity index (χ4v) is 2.37. The molecule has 1 aromatic heterocycles. The Labute approximate surface area is 119 Å². The number of carbonyl (C=O) groups is 1. The lowest BCUT2D eigenvalue weighted by Crippen LogP contribution is -2.50. The number of nitrogens with zero attached hydrogens (tertiary/aromatic N) is 2. The molecule has 1 fully saturated rings. The summed E-state index contributed by atoms with van der Waals surface area (Å²) in [6.07, 6.45) is 1.25. The van der Waals surface area contributed by atoms with Gasteiger partial charge in [-0.2, -0.15) is 0 Å². The third kappa shape index (κ3) is 3.05. The molecule has 1 aliphatic heterocycles. The van der Waals surface area contributed by atoms with Gasteiger partial charge in [-0.1, -0.05) is 0 Å². The number of carboxylic acid groups (broad SMARTS) is 1. The van der Waals surface area contributed by atoms with Gasteiger partial charge in [0.05, 0.1) is 25.4 Å². The van der Waals surface area contributed by atoms with E-state index >= 15 is 0 Å². The van der Waals surface area contributed by atoms with Crippen LogP contribution in [0.2, 0.25) is 0 Å². The Hall–Kier alpha value is -1.18. The van der Waals surface area contributed by atoms with Gasteiger partial charge in [-0.3, -0.25) is 0 Å². The van der Waals surface area contributed by atoms with Crippen molar-refractivity contribution in [1.82, 2.24) is 4.98 Å². The normalized spacial score (nSPS) is 23.4. The van der Waals surface area contributed by atoms with E-state index in [4.69, 9.17) is 9.84 Å². The molecule has 104 valence electrons. The summed E-state index contributed by atoms with van der Waals surface area (Å²) in [6.45, 7) is 2.69. The summed E-state index contributed by atoms with van der Waals surface area (Å²) < 4.78 is 6.06. The molecule has 2 unspecified atom stereocenters. The van der Waals surface area contributed by atoms with Gasteiger partial charge in [0.15, 0.2) is 0 Å². The number of hydrogen-bond donors (Lipinski definition) is 2. The second-order valence-corrected chi connectivity index (χ2v) is 5.38. The molecule has 1 aromatic rings. The zero-order chi connectivity index (χ0) is 14.0. The van der Waals surface area contributed by atoms with Crippen molar-refractivity contribution in [2.45, 2.75) is 19.1 Å². The van der Waals surface area contributed by atoms with Crippen LogP contribution in [0.3, 0.4) is 0 Å². The van der Waals surface area contributed by atoms with Crippen LogP contribution in [0.5, 0.6) is 0 Å². The first kappa shape index (κ1) is 14.2. The summed E-state index contributed by atoms with van der Waals surface area (Å²) in [5.41, 5.74) is 0.139. The molecule has 2 rings (SSSR count). The third-order valence-electron chi connectivity index (χ3n) is 3.04. The summed E-state index contributed by atoms with van der Waals surface area (Å²) in [7, 11) is 0. The van der Waals surface area contributed by atoms with Gasteiger partial charge in [-0.15, -0.1) is 0 Å². The van der Waals surface area contributed by atoms with Crippen LogP contribution in [0.1, 0.15) is 17.3 Å². The summed E-state index contributed by atoms with van der Waals surface area (Å²) in [5.74, 6) is -0.618. The molecule has 2 heterocycles. The van der Waals surface area contributed by atoms with Crippen LogP contribution in [-0.2, 0) is 4.74 Å². The van der Waals surface area contributed by atoms with E-state index in [1.807, 2.05) is 11.8 Å². The van der Waals surface area contributed by atoms with Gasteiger partial charge in [-0.05, 0) is 28.9 Å². The highest BCUT2D eigenvalue weighted by Gasteiger charge is 2.29. The first-order chi connectivity index (χ1) is 9.02. The number of aromatic carboxylic acids is 1. The quantitative estimate of drug-likeness (QED) is 0.864. The SMILES string of the molecule is CC1COC(CO)CN1c1ncc(Br)cc1C(=O)O. The highest BCUT2D eigenvalue weighted by Crippen LogP contribution is 2.26. The van der Waals surface area contributed by atoms with E-state index in [-0.39, 0.29) is 24.3 Å². The molecule has 6 nitrogen and oxygen atoms in total. The van der Waals surface area contributed by atoms with Crippen molar-refractivity contribution in [3.8, 4) is 0 Å². The van der Waals surface area contributed by atoms with E-state index in [9.17, 15) is 9.90 Å². The first-order valence-electron chi connectivity index (χ1n) is 5.91. The zero-order valence-electron chi connectivity index (χ0n) is 10.4. The van der Waals surface area contributed by atoms with E-state index < -0.39 is 5.97 Å². The Kier molecular flexibility index (Phi) is 4.38.